The molecular weight excluding hydrogens is 358 g/mol. The van der Waals surface area contributed by atoms with Gasteiger partial charge in [0.15, 0.2) is 5.75 Å². The summed E-state index contributed by atoms with van der Waals surface area (Å²) in [5, 5.41) is 0. The Bertz CT molecular complexity index is 965. The van der Waals surface area contributed by atoms with Crippen molar-refractivity contribution in [3.63, 3.8) is 0 Å². The van der Waals surface area contributed by atoms with Crippen LogP contribution in [0, 0.1) is 0 Å². The van der Waals surface area contributed by atoms with Gasteiger partial charge in [0.2, 0.25) is 5.43 Å². The monoisotopic (exact) mass is 381 g/mol. The molecule has 7 heteroatoms. The molecule has 3 aromatic rings. The zero-order chi connectivity index (χ0) is 19.9. The average Bonchev–Trinajstić information content (AvgIpc) is 3.22. The Balaban J connectivity index is 2.02. The molecular formula is C21H23N3O4. The van der Waals surface area contributed by atoms with Crippen LogP contribution in [0.3, 0.4) is 0 Å². The van der Waals surface area contributed by atoms with Gasteiger partial charge in [-0.1, -0.05) is 25.1 Å². The largest absolute Gasteiger partial charge is 0.462 e. The Morgan fingerprint density at radius 2 is 1.96 bits per heavy atom. The van der Waals surface area contributed by atoms with Gasteiger partial charge in [-0.2, -0.15) is 0 Å². The molecule has 2 heterocycles. The lowest BCUT2D eigenvalue weighted by Gasteiger charge is -2.21. The van der Waals surface area contributed by atoms with E-state index in [-0.39, 0.29) is 24.0 Å². The minimum Gasteiger partial charge on any atom is -0.462 e. The summed E-state index contributed by atoms with van der Waals surface area (Å²) in [6.45, 7) is 4.58. The number of imidazole rings is 1. The van der Waals surface area contributed by atoms with Crippen LogP contribution in [0.15, 0.2) is 66.2 Å². The van der Waals surface area contributed by atoms with E-state index < -0.39 is 11.4 Å². The first-order valence-electron chi connectivity index (χ1n) is 9.23. The fourth-order valence-electron chi connectivity index (χ4n) is 2.90. The zero-order valence-corrected chi connectivity index (χ0v) is 15.9. The number of carbonyl (C=O) groups excluding carboxylic acids is 1. The molecule has 0 aliphatic carbocycles. The van der Waals surface area contributed by atoms with Crippen molar-refractivity contribution in [2.24, 2.45) is 0 Å². The number of carbonyl (C=O) groups is 1. The smallest absolute Gasteiger partial charge is 0.343 e. The van der Waals surface area contributed by atoms with Crippen LogP contribution in [0.1, 0.15) is 36.7 Å². The molecule has 0 fully saturated rings. The summed E-state index contributed by atoms with van der Waals surface area (Å²) in [5.74, 6) is -0.0482. The van der Waals surface area contributed by atoms with Crippen LogP contribution in [0.2, 0.25) is 0 Å². The fourth-order valence-corrected chi connectivity index (χ4v) is 2.90. The van der Waals surface area contributed by atoms with E-state index >= 15 is 0 Å². The molecule has 146 valence electrons. The summed E-state index contributed by atoms with van der Waals surface area (Å²) in [4.78, 5) is 29.2. The summed E-state index contributed by atoms with van der Waals surface area (Å²) in [6, 6.07) is 9.00. The van der Waals surface area contributed by atoms with E-state index in [2.05, 4.69) is 4.98 Å². The number of nitrogens with zero attached hydrogens (tertiary/aromatic N) is 3. The standard InChI is InChI=1S/C21H23N3O4/c1-3-16(12-23-11-10-22-15-23)24-13-18(21(26)27-4-2)20(25)19(14-24)28-17-8-6-5-7-9-17/h5-11,13-16H,3-4,12H2,1-2H3/t16-/m1/s1. The molecule has 0 spiro atoms. The van der Waals surface area contributed by atoms with E-state index in [0.29, 0.717) is 12.3 Å². The average molecular weight is 381 g/mol. The Hall–Kier alpha value is -3.35. The van der Waals surface area contributed by atoms with Crippen LogP contribution in [0.5, 0.6) is 11.5 Å². The van der Waals surface area contributed by atoms with Crippen LogP contribution in [-0.2, 0) is 11.3 Å². The van der Waals surface area contributed by atoms with Gasteiger partial charge in [0.05, 0.1) is 25.2 Å². The Morgan fingerprint density at radius 1 is 1.18 bits per heavy atom. The maximum Gasteiger partial charge on any atom is 0.343 e. The highest BCUT2D eigenvalue weighted by atomic mass is 16.5. The molecule has 0 unspecified atom stereocenters. The first-order valence-corrected chi connectivity index (χ1v) is 9.23. The minimum atomic E-state index is -0.655. The summed E-state index contributed by atoms with van der Waals surface area (Å²) in [6.07, 6.45) is 9.30. The van der Waals surface area contributed by atoms with E-state index in [1.165, 1.54) is 0 Å². The Kier molecular flexibility index (Phi) is 6.26. The SMILES string of the molecule is CCOC(=O)c1cn([C@H](CC)Cn2ccnc2)cc(Oc2ccccc2)c1=O. The highest BCUT2D eigenvalue weighted by Gasteiger charge is 2.20. The summed E-state index contributed by atoms with van der Waals surface area (Å²) >= 11 is 0. The van der Waals surface area contributed by atoms with Gasteiger partial charge in [-0.3, -0.25) is 4.79 Å². The molecule has 0 amide bonds. The van der Waals surface area contributed by atoms with Gasteiger partial charge in [-0.15, -0.1) is 0 Å². The number of hydrogen-bond donors (Lipinski definition) is 0. The van der Waals surface area contributed by atoms with E-state index in [0.717, 1.165) is 6.42 Å². The van der Waals surface area contributed by atoms with E-state index in [4.69, 9.17) is 9.47 Å². The zero-order valence-electron chi connectivity index (χ0n) is 15.9. The Morgan fingerprint density at radius 3 is 2.61 bits per heavy atom. The lowest BCUT2D eigenvalue weighted by atomic mass is 10.2. The number of esters is 1. The molecule has 1 atom stereocenters. The molecule has 7 nitrogen and oxygen atoms in total. The predicted molar refractivity (Wildman–Crippen MR) is 105 cm³/mol. The van der Waals surface area contributed by atoms with Crippen molar-refractivity contribution in [1.82, 2.24) is 14.1 Å². The predicted octanol–water partition coefficient (Wildman–Crippen LogP) is 3.67. The highest BCUT2D eigenvalue weighted by Crippen LogP contribution is 2.22. The van der Waals surface area contributed by atoms with Gasteiger partial charge in [-0.25, -0.2) is 9.78 Å². The molecule has 0 N–H and O–H groups in total. The highest BCUT2D eigenvalue weighted by molar-refractivity contribution is 5.89. The number of para-hydroxylation sites is 1. The van der Waals surface area contributed by atoms with Crippen molar-refractivity contribution >= 4 is 5.97 Å². The van der Waals surface area contributed by atoms with Crippen molar-refractivity contribution in [3.8, 4) is 11.5 Å². The molecule has 2 aromatic heterocycles. The fraction of sp³-hybridized carbons (Fsp3) is 0.286. The third-order valence-corrected chi connectivity index (χ3v) is 4.35. The van der Waals surface area contributed by atoms with E-state index in [1.807, 2.05) is 40.5 Å². The second-order valence-electron chi connectivity index (χ2n) is 6.27. The lowest BCUT2D eigenvalue weighted by molar-refractivity contribution is 0.0523. The molecule has 0 saturated heterocycles. The number of pyridine rings is 1. The summed E-state index contributed by atoms with van der Waals surface area (Å²) in [7, 11) is 0. The molecule has 28 heavy (non-hydrogen) atoms. The van der Waals surface area contributed by atoms with Crippen molar-refractivity contribution in [2.45, 2.75) is 32.9 Å². The molecule has 3 rings (SSSR count). The quantitative estimate of drug-likeness (QED) is 0.557. The van der Waals surface area contributed by atoms with Crippen LogP contribution >= 0.6 is 0 Å². The number of hydrogen-bond acceptors (Lipinski definition) is 5. The van der Waals surface area contributed by atoms with Gasteiger partial charge in [-0.05, 0) is 25.5 Å². The minimum absolute atomic E-state index is 0.00102. The lowest BCUT2D eigenvalue weighted by Crippen LogP contribution is -2.24. The van der Waals surface area contributed by atoms with Crippen LogP contribution in [-0.4, -0.2) is 26.7 Å². The van der Waals surface area contributed by atoms with E-state index in [1.54, 1.807) is 44.0 Å². The molecule has 0 aliphatic heterocycles. The molecule has 0 bridgehead atoms. The van der Waals surface area contributed by atoms with Crippen molar-refractivity contribution in [1.29, 1.82) is 0 Å². The molecule has 0 aliphatic rings. The molecule has 0 saturated carbocycles. The molecule has 1 aromatic carbocycles. The maximum absolute atomic E-state index is 12.8. The first kappa shape index (κ1) is 19.4. The number of ether oxygens (including phenoxy) is 2. The van der Waals surface area contributed by atoms with Gasteiger partial charge < -0.3 is 18.6 Å². The summed E-state index contributed by atoms with van der Waals surface area (Å²) < 4.78 is 14.6. The Labute approximate surface area is 163 Å². The second kappa shape index (κ2) is 9.03. The van der Waals surface area contributed by atoms with Gasteiger partial charge in [0, 0.05) is 25.1 Å². The van der Waals surface area contributed by atoms with Gasteiger partial charge >= 0.3 is 5.97 Å². The van der Waals surface area contributed by atoms with Crippen molar-refractivity contribution in [3.05, 3.63) is 77.2 Å². The van der Waals surface area contributed by atoms with E-state index in [9.17, 15) is 9.59 Å². The summed E-state index contributed by atoms with van der Waals surface area (Å²) in [5.41, 5.74) is -0.532. The first-order chi connectivity index (χ1) is 13.6. The number of aromatic nitrogens is 3. The van der Waals surface area contributed by atoms with Crippen LogP contribution < -0.4 is 10.2 Å². The number of benzene rings is 1. The third-order valence-electron chi connectivity index (χ3n) is 4.35. The topological polar surface area (TPSA) is 75.3 Å². The normalized spacial score (nSPS) is 11.8. The van der Waals surface area contributed by atoms with Gasteiger partial charge in [0.1, 0.15) is 11.3 Å². The van der Waals surface area contributed by atoms with Crippen molar-refractivity contribution in [2.75, 3.05) is 6.61 Å². The van der Waals surface area contributed by atoms with Crippen LogP contribution in [0.25, 0.3) is 0 Å². The third kappa shape index (κ3) is 4.49. The second-order valence-corrected chi connectivity index (χ2v) is 6.27. The van der Waals surface area contributed by atoms with Crippen molar-refractivity contribution < 1.29 is 14.3 Å². The molecule has 0 radical (unpaired) electrons. The number of rotatable bonds is 8. The van der Waals surface area contributed by atoms with Crippen LogP contribution in [0.4, 0.5) is 0 Å². The maximum atomic E-state index is 12.8. The van der Waals surface area contributed by atoms with Gasteiger partial charge in [0.25, 0.3) is 0 Å².